The third-order valence-electron chi connectivity index (χ3n) is 4.79. The van der Waals surface area contributed by atoms with Gasteiger partial charge in [-0.1, -0.05) is 17.7 Å². The molecule has 1 aliphatic rings. The van der Waals surface area contributed by atoms with E-state index in [1.54, 1.807) is 12.1 Å². The number of benzene rings is 2. The van der Waals surface area contributed by atoms with Crippen LogP contribution in [0.2, 0.25) is 5.02 Å². The summed E-state index contributed by atoms with van der Waals surface area (Å²) in [5, 5.41) is 6.71. The summed E-state index contributed by atoms with van der Waals surface area (Å²) in [7, 11) is 0. The standard InChI is InChI=1S/C21H24ClN3O2/c1-13-6-7-16(22)12-18(13)24-21(27)15(3)23-17-8-9-19(14(2)11-17)25-10-4-5-20(25)26/h6-9,11-12,15,23H,4-5,10H2,1-3H3,(H,24,27)/t15-/m0/s1. The van der Waals surface area contributed by atoms with Crippen LogP contribution >= 0.6 is 11.6 Å². The lowest BCUT2D eigenvalue weighted by Crippen LogP contribution is -2.32. The smallest absolute Gasteiger partial charge is 0.246 e. The molecule has 6 heteroatoms. The van der Waals surface area contributed by atoms with Crippen molar-refractivity contribution in [3.8, 4) is 0 Å². The zero-order valence-corrected chi connectivity index (χ0v) is 16.6. The van der Waals surface area contributed by atoms with E-state index >= 15 is 0 Å². The Bertz CT molecular complexity index is 882. The minimum Gasteiger partial charge on any atom is -0.374 e. The number of nitrogens with one attached hydrogen (secondary N) is 2. The Hall–Kier alpha value is -2.53. The highest BCUT2D eigenvalue weighted by Gasteiger charge is 2.23. The first-order valence-corrected chi connectivity index (χ1v) is 9.47. The van der Waals surface area contributed by atoms with Crippen LogP contribution in [-0.4, -0.2) is 24.4 Å². The molecule has 0 aliphatic carbocycles. The maximum Gasteiger partial charge on any atom is 0.246 e. The van der Waals surface area contributed by atoms with Gasteiger partial charge in [-0.2, -0.15) is 0 Å². The highest BCUT2D eigenvalue weighted by molar-refractivity contribution is 6.31. The van der Waals surface area contributed by atoms with Crippen molar-refractivity contribution >= 4 is 40.5 Å². The minimum absolute atomic E-state index is 0.142. The van der Waals surface area contributed by atoms with E-state index in [9.17, 15) is 9.59 Å². The fourth-order valence-electron chi connectivity index (χ4n) is 3.24. The van der Waals surface area contributed by atoms with Crippen LogP contribution in [0.3, 0.4) is 0 Å². The Morgan fingerprint density at radius 1 is 1.15 bits per heavy atom. The number of amides is 2. The molecular weight excluding hydrogens is 362 g/mol. The summed E-state index contributed by atoms with van der Waals surface area (Å²) in [5.74, 6) is 0.0280. The monoisotopic (exact) mass is 385 g/mol. The van der Waals surface area contributed by atoms with Gasteiger partial charge in [0.15, 0.2) is 0 Å². The SMILES string of the molecule is Cc1ccc(Cl)cc1NC(=O)[C@H](C)Nc1ccc(N2CCCC2=O)c(C)c1. The number of carbonyl (C=O) groups excluding carboxylic acids is 2. The van der Waals surface area contributed by atoms with Crippen molar-refractivity contribution in [1.82, 2.24) is 0 Å². The van der Waals surface area contributed by atoms with Gasteiger partial charge in [0.05, 0.1) is 0 Å². The first kappa shape index (κ1) is 19.2. The number of hydrogen-bond acceptors (Lipinski definition) is 3. The number of nitrogens with zero attached hydrogens (tertiary/aromatic N) is 1. The lowest BCUT2D eigenvalue weighted by Gasteiger charge is -2.21. The molecule has 1 fully saturated rings. The molecule has 1 saturated heterocycles. The molecule has 0 aromatic heterocycles. The molecule has 1 heterocycles. The van der Waals surface area contributed by atoms with Gasteiger partial charge < -0.3 is 15.5 Å². The van der Waals surface area contributed by atoms with Crippen molar-refractivity contribution in [2.75, 3.05) is 22.1 Å². The van der Waals surface area contributed by atoms with Crippen LogP contribution < -0.4 is 15.5 Å². The second-order valence-corrected chi connectivity index (χ2v) is 7.40. The van der Waals surface area contributed by atoms with E-state index in [0.717, 1.165) is 35.5 Å². The van der Waals surface area contributed by atoms with Gasteiger partial charge in [0.25, 0.3) is 0 Å². The highest BCUT2D eigenvalue weighted by atomic mass is 35.5. The molecule has 0 spiro atoms. The number of aryl methyl sites for hydroxylation is 2. The Balaban J connectivity index is 1.67. The van der Waals surface area contributed by atoms with E-state index in [0.29, 0.717) is 17.1 Å². The second kappa shape index (κ2) is 8.01. The number of anilines is 3. The topological polar surface area (TPSA) is 61.4 Å². The third-order valence-corrected chi connectivity index (χ3v) is 5.03. The molecule has 2 aromatic rings. The predicted octanol–water partition coefficient (Wildman–Crippen LogP) is 4.52. The predicted molar refractivity (Wildman–Crippen MR) is 111 cm³/mol. The van der Waals surface area contributed by atoms with Gasteiger partial charge in [0, 0.05) is 35.1 Å². The summed E-state index contributed by atoms with van der Waals surface area (Å²) < 4.78 is 0. The van der Waals surface area contributed by atoms with E-state index in [4.69, 9.17) is 11.6 Å². The van der Waals surface area contributed by atoms with Crippen LogP contribution in [-0.2, 0) is 9.59 Å². The Morgan fingerprint density at radius 3 is 2.59 bits per heavy atom. The zero-order chi connectivity index (χ0) is 19.6. The molecule has 5 nitrogen and oxygen atoms in total. The normalized spacial score (nSPS) is 15.0. The van der Waals surface area contributed by atoms with Crippen molar-refractivity contribution < 1.29 is 9.59 Å². The summed E-state index contributed by atoms with van der Waals surface area (Å²) in [6, 6.07) is 10.8. The molecule has 0 bridgehead atoms. The number of rotatable bonds is 5. The van der Waals surface area contributed by atoms with Crippen molar-refractivity contribution in [3.63, 3.8) is 0 Å². The van der Waals surface area contributed by atoms with Crippen LogP contribution in [0.25, 0.3) is 0 Å². The summed E-state index contributed by atoms with van der Waals surface area (Å²) in [6.45, 7) is 6.48. The van der Waals surface area contributed by atoms with Gasteiger partial charge in [-0.3, -0.25) is 9.59 Å². The van der Waals surface area contributed by atoms with Gasteiger partial charge in [-0.25, -0.2) is 0 Å². The maximum absolute atomic E-state index is 12.5. The zero-order valence-electron chi connectivity index (χ0n) is 15.8. The minimum atomic E-state index is -0.429. The fourth-order valence-corrected chi connectivity index (χ4v) is 3.41. The molecule has 3 rings (SSSR count). The van der Waals surface area contributed by atoms with E-state index in [-0.39, 0.29) is 11.8 Å². The van der Waals surface area contributed by atoms with Crippen molar-refractivity contribution in [2.45, 2.75) is 39.7 Å². The van der Waals surface area contributed by atoms with E-state index < -0.39 is 6.04 Å². The molecule has 0 unspecified atom stereocenters. The molecule has 0 radical (unpaired) electrons. The summed E-state index contributed by atoms with van der Waals surface area (Å²) in [5.41, 5.74) is 4.45. The lowest BCUT2D eigenvalue weighted by molar-refractivity contribution is -0.117. The van der Waals surface area contributed by atoms with Crippen LogP contribution in [0.4, 0.5) is 17.1 Å². The number of halogens is 1. The molecule has 27 heavy (non-hydrogen) atoms. The average Bonchev–Trinajstić information content (AvgIpc) is 3.04. The average molecular weight is 386 g/mol. The Kier molecular flexibility index (Phi) is 5.71. The van der Waals surface area contributed by atoms with Gasteiger partial charge in [0.1, 0.15) is 6.04 Å². The van der Waals surface area contributed by atoms with Crippen LogP contribution in [0.1, 0.15) is 30.9 Å². The first-order valence-electron chi connectivity index (χ1n) is 9.09. The molecule has 1 atom stereocenters. The first-order chi connectivity index (χ1) is 12.8. The molecular formula is C21H24ClN3O2. The molecule has 2 N–H and O–H groups in total. The summed E-state index contributed by atoms with van der Waals surface area (Å²) in [4.78, 5) is 26.3. The van der Waals surface area contributed by atoms with Crippen LogP contribution in [0.15, 0.2) is 36.4 Å². The highest BCUT2D eigenvalue weighted by Crippen LogP contribution is 2.28. The van der Waals surface area contributed by atoms with E-state index in [1.807, 2.05) is 49.9 Å². The van der Waals surface area contributed by atoms with Gasteiger partial charge >= 0.3 is 0 Å². The van der Waals surface area contributed by atoms with Gasteiger partial charge in [-0.15, -0.1) is 0 Å². The Labute approximate surface area is 164 Å². The molecule has 2 amide bonds. The quantitative estimate of drug-likeness (QED) is 0.795. The summed E-state index contributed by atoms with van der Waals surface area (Å²) >= 11 is 6.01. The van der Waals surface area contributed by atoms with Crippen LogP contribution in [0, 0.1) is 13.8 Å². The van der Waals surface area contributed by atoms with Crippen molar-refractivity contribution in [3.05, 3.63) is 52.5 Å². The molecule has 1 aliphatic heterocycles. The van der Waals surface area contributed by atoms with Crippen molar-refractivity contribution in [2.24, 2.45) is 0 Å². The molecule has 0 saturated carbocycles. The van der Waals surface area contributed by atoms with Gasteiger partial charge in [-0.05, 0) is 68.7 Å². The number of carbonyl (C=O) groups is 2. The van der Waals surface area contributed by atoms with Crippen LogP contribution in [0.5, 0.6) is 0 Å². The van der Waals surface area contributed by atoms with Gasteiger partial charge in [0.2, 0.25) is 11.8 Å². The molecule has 142 valence electrons. The fraction of sp³-hybridized carbons (Fsp3) is 0.333. The van der Waals surface area contributed by atoms with Crippen molar-refractivity contribution in [1.29, 1.82) is 0 Å². The Morgan fingerprint density at radius 2 is 1.93 bits per heavy atom. The second-order valence-electron chi connectivity index (χ2n) is 6.96. The lowest BCUT2D eigenvalue weighted by atomic mass is 10.1. The van der Waals surface area contributed by atoms with E-state index in [1.165, 1.54) is 0 Å². The summed E-state index contributed by atoms with van der Waals surface area (Å²) in [6.07, 6.45) is 1.51. The maximum atomic E-state index is 12.5. The van der Waals surface area contributed by atoms with E-state index in [2.05, 4.69) is 10.6 Å². The largest absolute Gasteiger partial charge is 0.374 e. The number of hydrogen-bond donors (Lipinski definition) is 2. The third kappa shape index (κ3) is 4.42. The molecule has 2 aromatic carbocycles.